The third kappa shape index (κ3) is 4.98. The number of nitrogens with zero attached hydrogens (tertiary/aromatic N) is 1. The number of alkyl halides is 2. The number of rotatable bonds is 5. The minimum Gasteiger partial charge on any atom is -0.311 e. The van der Waals surface area contributed by atoms with Crippen molar-refractivity contribution in [3.05, 3.63) is 71.8 Å². The molecule has 24 heavy (non-hydrogen) atoms. The fourth-order valence-corrected chi connectivity index (χ4v) is 2.44. The molecule has 2 rings (SSSR count). The minimum atomic E-state index is -0.823. The lowest BCUT2D eigenvalue weighted by Gasteiger charge is -2.19. The average molecular weight is 365 g/mol. The van der Waals surface area contributed by atoms with Crippen molar-refractivity contribution in [2.45, 2.75) is 11.0 Å². The van der Waals surface area contributed by atoms with E-state index >= 15 is 0 Å². The molecule has 0 saturated carbocycles. The molecule has 4 nitrogen and oxygen atoms in total. The molecule has 0 aliphatic rings. The monoisotopic (exact) mass is 364 g/mol. The first-order valence-electron chi connectivity index (χ1n) is 7.49. The number of hydrogen-bond donors (Lipinski definition) is 2. The Morgan fingerprint density at radius 1 is 0.875 bits per heavy atom. The normalized spacial score (nSPS) is 11.7. The predicted octanol–water partition coefficient (Wildman–Crippen LogP) is 2.85. The maximum atomic E-state index is 12.4. The van der Waals surface area contributed by atoms with Crippen molar-refractivity contribution in [3.8, 4) is 0 Å². The van der Waals surface area contributed by atoms with Gasteiger partial charge in [0, 0.05) is 5.56 Å². The van der Waals surface area contributed by atoms with Crippen LogP contribution in [0.4, 0.5) is 0 Å². The van der Waals surface area contributed by atoms with E-state index in [2.05, 4.69) is 10.6 Å². The minimum absolute atomic E-state index is 0.245. The molecule has 0 bridgehead atoms. The highest BCUT2D eigenvalue weighted by atomic mass is 35.5. The Balaban J connectivity index is 2.19. The summed E-state index contributed by atoms with van der Waals surface area (Å²) in [6.45, 7) is 0. The van der Waals surface area contributed by atoms with Gasteiger partial charge in [-0.2, -0.15) is 0 Å². The van der Waals surface area contributed by atoms with Gasteiger partial charge in [0.15, 0.2) is 11.0 Å². The predicted molar refractivity (Wildman–Crippen MR) is 99.0 cm³/mol. The Morgan fingerprint density at radius 3 is 1.83 bits per heavy atom. The van der Waals surface area contributed by atoms with E-state index in [1.807, 2.05) is 55.1 Å². The molecule has 126 valence electrons. The fourth-order valence-electron chi connectivity index (χ4n) is 2.19. The zero-order chi connectivity index (χ0) is 17.5. The first-order valence-corrected chi connectivity index (χ1v) is 8.36. The largest absolute Gasteiger partial charge is 0.311 e. The molecule has 2 aromatic rings. The molecule has 2 aromatic carbocycles. The maximum Gasteiger partial charge on any atom is 0.278 e. The summed E-state index contributed by atoms with van der Waals surface area (Å²) in [6.07, 6.45) is -0.640. The van der Waals surface area contributed by atoms with Crippen molar-refractivity contribution in [1.82, 2.24) is 10.6 Å². The van der Waals surface area contributed by atoms with Crippen LogP contribution in [-0.2, 0) is 0 Å². The Bertz CT molecular complexity index is 699. The quantitative estimate of drug-likeness (QED) is 0.281. The Hall–Kier alpha value is -2.04. The molecule has 6 heteroatoms. The first kappa shape index (κ1) is 18.3. The summed E-state index contributed by atoms with van der Waals surface area (Å²) in [7, 11) is 3.81. The Labute approximate surface area is 152 Å². The molecule has 1 amide bonds. The van der Waals surface area contributed by atoms with Gasteiger partial charge in [0.25, 0.3) is 11.7 Å². The molecule has 1 atom stereocenters. The van der Waals surface area contributed by atoms with Crippen LogP contribution in [0.15, 0.2) is 60.7 Å². The summed E-state index contributed by atoms with van der Waals surface area (Å²) in [6, 6.07) is 18.7. The van der Waals surface area contributed by atoms with Crippen LogP contribution in [0.5, 0.6) is 0 Å². The second-order valence-corrected chi connectivity index (χ2v) is 6.57. The van der Waals surface area contributed by atoms with Crippen molar-refractivity contribution in [2.24, 2.45) is 0 Å². The van der Waals surface area contributed by atoms with E-state index < -0.39 is 11.0 Å². The molecule has 0 aliphatic heterocycles. The maximum absolute atomic E-state index is 12.4. The second kappa shape index (κ2) is 8.71. The average Bonchev–Trinajstić information content (AvgIpc) is 2.59. The Kier molecular flexibility index (Phi) is 6.64. The summed E-state index contributed by atoms with van der Waals surface area (Å²) in [5.74, 6) is 0.561. The number of nitrogens with one attached hydrogen (secondary N) is 2. The van der Waals surface area contributed by atoms with Gasteiger partial charge in [0.1, 0.15) is 0 Å². The molecular weight excluding hydrogens is 345 g/mol. The molecule has 0 aliphatic carbocycles. The molecule has 0 fully saturated rings. The van der Waals surface area contributed by atoms with Crippen molar-refractivity contribution in [1.29, 1.82) is 0 Å². The number of hydrogen-bond acceptors (Lipinski definition) is 1. The molecule has 0 heterocycles. The van der Waals surface area contributed by atoms with Crippen LogP contribution >= 0.6 is 23.2 Å². The van der Waals surface area contributed by atoms with Gasteiger partial charge in [-0.1, -0.05) is 59.6 Å². The SMILES string of the molecule is C[N+](C)=C(N[C@H](NC(=O)c1ccccc1)C(Cl)Cl)c1ccccc1. The topological polar surface area (TPSA) is 44.1 Å². The number of benzene rings is 2. The highest BCUT2D eigenvalue weighted by molar-refractivity contribution is 6.45. The van der Waals surface area contributed by atoms with Gasteiger partial charge in [-0.05, 0) is 24.3 Å². The third-order valence-electron chi connectivity index (χ3n) is 3.36. The fraction of sp³-hybridized carbons (Fsp3) is 0.222. The van der Waals surface area contributed by atoms with E-state index in [9.17, 15) is 4.79 Å². The van der Waals surface area contributed by atoms with Gasteiger partial charge < -0.3 is 5.32 Å². The van der Waals surface area contributed by atoms with Gasteiger partial charge >= 0.3 is 0 Å². The van der Waals surface area contributed by atoms with E-state index in [-0.39, 0.29) is 5.91 Å². The molecular formula is C18H20Cl2N3O+. The van der Waals surface area contributed by atoms with Gasteiger partial charge in [-0.15, -0.1) is 0 Å². The van der Waals surface area contributed by atoms with E-state index in [0.717, 1.165) is 11.4 Å². The van der Waals surface area contributed by atoms with Crippen molar-refractivity contribution < 1.29 is 9.37 Å². The lowest BCUT2D eigenvalue weighted by atomic mass is 10.2. The zero-order valence-corrected chi connectivity index (χ0v) is 15.1. The van der Waals surface area contributed by atoms with E-state index in [0.29, 0.717) is 5.56 Å². The van der Waals surface area contributed by atoms with Crippen LogP contribution in [0.1, 0.15) is 15.9 Å². The summed E-state index contributed by atoms with van der Waals surface area (Å²) >= 11 is 12.1. The molecule has 0 saturated heterocycles. The number of halogens is 2. The second-order valence-electron chi connectivity index (χ2n) is 5.41. The van der Waals surface area contributed by atoms with Gasteiger partial charge in [0.2, 0.25) is 0 Å². The smallest absolute Gasteiger partial charge is 0.278 e. The van der Waals surface area contributed by atoms with E-state index in [1.54, 1.807) is 24.3 Å². The summed E-state index contributed by atoms with van der Waals surface area (Å²) < 4.78 is 1.91. The van der Waals surface area contributed by atoms with Crippen LogP contribution < -0.4 is 10.6 Å². The molecule has 0 radical (unpaired) electrons. The third-order valence-corrected chi connectivity index (χ3v) is 3.87. The highest BCUT2D eigenvalue weighted by Gasteiger charge is 2.27. The van der Waals surface area contributed by atoms with Crippen LogP contribution in [-0.4, -0.2) is 41.4 Å². The van der Waals surface area contributed by atoms with Gasteiger partial charge in [-0.3, -0.25) is 14.7 Å². The van der Waals surface area contributed by atoms with Gasteiger partial charge in [-0.25, -0.2) is 0 Å². The van der Waals surface area contributed by atoms with Gasteiger partial charge in [0.05, 0.1) is 19.7 Å². The molecule has 2 N–H and O–H groups in total. The molecule has 0 aromatic heterocycles. The first-order chi connectivity index (χ1) is 11.5. The molecule has 0 spiro atoms. The summed E-state index contributed by atoms with van der Waals surface area (Å²) in [4.78, 5) is 11.5. The van der Waals surface area contributed by atoms with E-state index in [1.165, 1.54) is 0 Å². The van der Waals surface area contributed by atoms with Crippen LogP contribution in [0.25, 0.3) is 0 Å². The highest BCUT2D eigenvalue weighted by Crippen LogP contribution is 2.09. The number of carbonyl (C=O) groups excluding carboxylic acids is 1. The van der Waals surface area contributed by atoms with Crippen LogP contribution in [0, 0.1) is 0 Å². The van der Waals surface area contributed by atoms with Crippen LogP contribution in [0.2, 0.25) is 0 Å². The number of amides is 1. The van der Waals surface area contributed by atoms with Crippen molar-refractivity contribution in [3.63, 3.8) is 0 Å². The molecule has 0 unspecified atom stereocenters. The van der Waals surface area contributed by atoms with Crippen molar-refractivity contribution >= 4 is 34.9 Å². The standard InChI is InChI=1S/C18H19Cl2N3O/c1-23(2)17(13-9-5-3-6-10-13)21-16(15(19)20)22-18(24)14-11-7-4-8-12-14/h3-12,15-16H,1-2H3,(H,22,24)/p+1/t16-/m1/s1. The van der Waals surface area contributed by atoms with E-state index in [4.69, 9.17) is 23.2 Å². The van der Waals surface area contributed by atoms with Crippen molar-refractivity contribution in [2.75, 3.05) is 14.1 Å². The lowest BCUT2D eigenvalue weighted by Crippen LogP contribution is -2.53. The number of amidine groups is 1. The summed E-state index contributed by atoms with van der Waals surface area (Å²) in [5, 5.41) is 6.04. The van der Waals surface area contributed by atoms with Crippen LogP contribution in [0.3, 0.4) is 0 Å². The summed E-state index contributed by atoms with van der Waals surface area (Å²) in [5.41, 5.74) is 1.51. The lowest BCUT2D eigenvalue weighted by molar-refractivity contribution is -0.466. The zero-order valence-electron chi connectivity index (χ0n) is 13.5. The Morgan fingerprint density at radius 2 is 1.38 bits per heavy atom. The number of carbonyl (C=O) groups is 1.